The van der Waals surface area contributed by atoms with Crippen LogP contribution in [0.5, 0.6) is 0 Å². The number of nitrogens with zero attached hydrogens (tertiary/aromatic N) is 5. The molecule has 1 aliphatic heterocycles. The molecule has 1 fully saturated rings. The summed E-state index contributed by atoms with van der Waals surface area (Å²) in [7, 11) is 1.92. The third-order valence-corrected chi connectivity index (χ3v) is 4.63. The Kier molecular flexibility index (Phi) is 4.41. The minimum absolute atomic E-state index is 0.0740. The van der Waals surface area contributed by atoms with Crippen molar-refractivity contribution in [2.75, 3.05) is 6.54 Å². The molecule has 0 saturated carbocycles. The lowest BCUT2D eigenvalue weighted by atomic mass is 10.1. The molecule has 2 aromatic rings. The summed E-state index contributed by atoms with van der Waals surface area (Å²) in [6.07, 6.45) is 8.64. The van der Waals surface area contributed by atoms with Gasteiger partial charge >= 0.3 is 0 Å². The monoisotopic (exact) mass is 313 g/mol. The predicted octanol–water partition coefficient (Wildman–Crippen LogP) is 2.12. The van der Waals surface area contributed by atoms with Crippen LogP contribution in [-0.4, -0.2) is 37.1 Å². The van der Waals surface area contributed by atoms with Gasteiger partial charge in [-0.2, -0.15) is 5.10 Å². The molecule has 1 aliphatic rings. The van der Waals surface area contributed by atoms with E-state index in [1.54, 1.807) is 12.4 Å². The summed E-state index contributed by atoms with van der Waals surface area (Å²) in [5.41, 5.74) is 4.08. The first-order chi connectivity index (χ1) is 11.1. The third-order valence-electron chi connectivity index (χ3n) is 4.63. The Bertz CT molecular complexity index is 709. The molecule has 122 valence electrons. The van der Waals surface area contributed by atoms with Gasteiger partial charge in [-0.15, -0.1) is 0 Å². The van der Waals surface area contributed by atoms with Crippen LogP contribution < -0.4 is 0 Å². The molecule has 6 heteroatoms. The minimum atomic E-state index is 0.0740. The second-order valence-corrected chi connectivity index (χ2v) is 6.21. The number of hydrogen-bond acceptors (Lipinski definition) is 4. The quantitative estimate of drug-likeness (QED) is 0.867. The van der Waals surface area contributed by atoms with E-state index in [0.29, 0.717) is 6.42 Å². The molecule has 0 spiro atoms. The highest BCUT2D eigenvalue weighted by Crippen LogP contribution is 2.31. The molecule has 0 radical (unpaired) electrons. The molecule has 2 aromatic heterocycles. The summed E-state index contributed by atoms with van der Waals surface area (Å²) >= 11 is 0. The molecule has 1 saturated heterocycles. The van der Waals surface area contributed by atoms with E-state index in [2.05, 4.69) is 15.1 Å². The van der Waals surface area contributed by atoms with Gasteiger partial charge in [0.15, 0.2) is 0 Å². The summed E-state index contributed by atoms with van der Waals surface area (Å²) < 4.78 is 1.85. The predicted molar refractivity (Wildman–Crippen MR) is 86.7 cm³/mol. The maximum absolute atomic E-state index is 12.7. The molecule has 0 unspecified atom stereocenters. The Balaban J connectivity index is 1.67. The van der Waals surface area contributed by atoms with E-state index in [0.717, 1.165) is 48.5 Å². The lowest BCUT2D eigenvalue weighted by molar-refractivity contribution is -0.132. The van der Waals surface area contributed by atoms with Crippen molar-refractivity contribution in [3.8, 4) is 0 Å². The number of rotatable bonds is 4. The van der Waals surface area contributed by atoms with Gasteiger partial charge in [0, 0.05) is 31.9 Å². The van der Waals surface area contributed by atoms with Gasteiger partial charge in [0.25, 0.3) is 0 Å². The molecular weight excluding hydrogens is 290 g/mol. The van der Waals surface area contributed by atoms with Crippen LogP contribution in [0.1, 0.15) is 47.9 Å². The molecule has 0 N–H and O–H groups in total. The molecule has 6 nitrogen and oxygen atoms in total. The second-order valence-electron chi connectivity index (χ2n) is 6.21. The van der Waals surface area contributed by atoms with Gasteiger partial charge in [-0.05, 0) is 38.7 Å². The lowest BCUT2D eigenvalue weighted by Crippen LogP contribution is -2.31. The van der Waals surface area contributed by atoms with Gasteiger partial charge in [0.05, 0.1) is 29.8 Å². The molecule has 0 bridgehead atoms. The highest BCUT2D eigenvalue weighted by atomic mass is 16.2. The van der Waals surface area contributed by atoms with E-state index in [9.17, 15) is 4.79 Å². The largest absolute Gasteiger partial charge is 0.334 e. The summed E-state index contributed by atoms with van der Waals surface area (Å²) in [5, 5.41) is 4.24. The van der Waals surface area contributed by atoms with Crippen LogP contribution in [-0.2, 0) is 18.3 Å². The topological polar surface area (TPSA) is 63.9 Å². The van der Waals surface area contributed by atoms with Gasteiger partial charge in [0.1, 0.15) is 0 Å². The Labute approximate surface area is 136 Å². The van der Waals surface area contributed by atoms with E-state index in [1.165, 1.54) is 0 Å². The summed E-state index contributed by atoms with van der Waals surface area (Å²) in [5.74, 6) is 0.194. The Morgan fingerprint density at radius 1 is 1.30 bits per heavy atom. The minimum Gasteiger partial charge on any atom is -0.334 e. The zero-order chi connectivity index (χ0) is 16.4. The number of aromatic nitrogens is 4. The molecule has 3 heterocycles. The van der Waals surface area contributed by atoms with Crippen molar-refractivity contribution in [3.63, 3.8) is 0 Å². The number of carbonyl (C=O) groups excluding carboxylic acids is 1. The summed E-state index contributed by atoms with van der Waals surface area (Å²) in [6.45, 7) is 4.78. The molecule has 3 rings (SSSR count). The van der Waals surface area contributed by atoms with E-state index in [1.807, 2.05) is 36.7 Å². The van der Waals surface area contributed by atoms with Crippen molar-refractivity contribution in [3.05, 3.63) is 41.2 Å². The van der Waals surface area contributed by atoms with Crippen molar-refractivity contribution in [1.29, 1.82) is 0 Å². The molecule has 0 aromatic carbocycles. The highest BCUT2D eigenvalue weighted by molar-refractivity contribution is 5.77. The summed E-state index contributed by atoms with van der Waals surface area (Å²) in [4.78, 5) is 23.4. The third kappa shape index (κ3) is 3.25. The summed E-state index contributed by atoms with van der Waals surface area (Å²) in [6, 6.07) is 0.0740. The van der Waals surface area contributed by atoms with Crippen molar-refractivity contribution in [1.82, 2.24) is 24.6 Å². The number of hydrogen-bond donors (Lipinski definition) is 0. The molecular formula is C17H23N5O. The first-order valence-corrected chi connectivity index (χ1v) is 8.11. The SMILES string of the molecule is Cc1cncc([C@@H]2CCCN2C(=O)CCc2cnn(C)c2C)n1. The lowest BCUT2D eigenvalue weighted by Gasteiger charge is -2.24. The zero-order valence-electron chi connectivity index (χ0n) is 14.0. The second kappa shape index (κ2) is 6.48. The van der Waals surface area contributed by atoms with Crippen LogP contribution in [0, 0.1) is 13.8 Å². The Morgan fingerprint density at radius 3 is 2.83 bits per heavy atom. The van der Waals surface area contributed by atoms with E-state index in [4.69, 9.17) is 0 Å². The average Bonchev–Trinajstić information content (AvgIpc) is 3.14. The molecule has 0 aliphatic carbocycles. The molecule has 1 atom stereocenters. The maximum Gasteiger partial charge on any atom is 0.223 e. The molecule has 23 heavy (non-hydrogen) atoms. The fraction of sp³-hybridized carbons (Fsp3) is 0.529. The maximum atomic E-state index is 12.7. The van der Waals surface area contributed by atoms with Crippen molar-refractivity contribution in [2.45, 2.75) is 45.6 Å². The van der Waals surface area contributed by atoms with Crippen molar-refractivity contribution in [2.24, 2.45) is 7.05 Å². The molecule has 1 amide bonds. The van der Waals surface area contributed by atoms with Crippen LogP contribution >= 0.6 is 0 Å². The van der Waals surface area contributed by atoms with Gasteiger partial charge < -0.3 is 4.90 Å². The number of likely N-dealkylation sites (tertiary alicyclic amines) is 1. The Morgan fingerprint density at radius 2 is 2.13 bits per heavy atom. The van der Waals surface area contributed by atoms with Gasteiger partial charge in [-0.25, -0.2) is 0 Å². The first kappa shape index (κ1) is 15.6. The first-order valence-electron chi connectivity index (χ1n) is 8.11. The van der Waals surface area contributed by atoms with Crippen LogP contribution in [0.25, 0.3) is 0 Å². The van der Waals surface area contributed by atoms with Gasteiger partial charge in [-0.1, -0.05) is 0 Å². The van der Waals surface area contributed by atoms with Crippen molar-refractivity contribution >= 4 is 5.91 Å². The number of aryl methyl sites for hydroxylation is 3. The number of amides is 1. The smallest absolute Gasteiger partial charge is 0.223 e. The van der Waals surface area contributed by atoms with E-state index in [-0.39, 0.29) is 11.9 Å². The van der Waals surface area contributed by atoms with E-state index < -0.39 is 0 Å². The average molecular weight is 313 g/mol. The normalized spacial score (nSPS) is 17.7. The zero-order valence-corrected chi connectivity index (χ0v) is 14.0. The van der Waals surface area contributed by atoms with Crippen molar-refractivity contribution < 1.29 is 4.79 Å². The highest BCUT2D eigenvalue weighted by Gasteiger charge is 2.30. The fourth-order valence-electron chi connectivity index (χ4n) is 3.19. The fourth-order valence-corrected chi connectivity index (χ4v) is 3.19. The van der Waals surface area contributed by atoms with E-state index >= 15 is 0 Å². The van der Waals surface area contributed by atoms with Gasteiger partial charge in [-0.3, -0.25) is 19.4 Å². The van der Waals surface area contributed by atoms with Crippen LogP contribution in [0.2, 0.25) is 0 Å². The van der Waals surface area contributed by atoms with Crippen LogP contribution in [0.3, 0.4) is 0 Å². The van der Waals surface area contributed by atoms with Crippen LogP contribution in [0.15, 0.2) is 18.6 Å². The standard InChI is InChI=1S/C17H23N5O/c1-12-9-18-11-15(20-12)16-5-4-8-22(16)17(23)7-6-14-10-19-21(3)13(14)2/h9-11,16H,4-8H2,1-3H3/t16-/m0/s1. The van der Waals surface area contributed by atoms with Crippen LogP contribution in [0.4, 0.5) is 0 Å². The number of carbonyl (C=O) groups is 1. The Hall–Kier alpha value is -2.24. The van der Waals surface area contributed by atoms with Gasteiger partial charge in [0.2, 0.25) is 5.91 Å².